The molecule has 1 spiro atoms. The largest absolute Gasteiger partial charge is 0.487 e. The van der Waals surface area contributed by atoms with E-state index < -0.39 is 17.5 Å². The van der Waals surface area contributed by atoms with Gasteiger partial charge in [-0.3, -0.25) is 14.4 Å². The summed E-state index contributed by atoms with van der Waals surface area (Å²) in [6.07, 6.45) is 3.15. The van der Waals surface area contributed by atoms with Crippen molar-refractivity contribution >= 4 is 17.8 Å². The molecule has 0 aliphatic carbocycles. The van der Waals surface area contributed by atoms with Crippen LogP contribution < -0.4 is 4.74 Å². The van der Waals surface area contributed by atoms with Crippen molar-refractivity contribution in [1.82, 2.24) is 9.80 Å². The van der Waals surface area contributed by atoms with Gasteiger partial charge in [0.05, 0.1) is 5.92 Å². The lowest BCUT2D eigenvalue weighted by Crippen LogP contribution is -2.54. The number of nitrogens with zero attached hydrogens (tertiary/aromatic N) is 2. The lowest BCUT2D eigenvalue weighted by molar-refractivity contribution is -0.146. The Morgan fingerprint density at radius 2 is 1.69 bits per heavy atom. The number of carbonyl (C=O) groups is 3. The van der Waals surface area contributed by atoms with Gasteiger partial charge in [0.1, 0.15) is 11.4 Å². The average molecular weight is 400 g/mol. The number of carboxylic acids is 1. The van der Waals surface area contributed by atoms with Crippen LogP contribution in [0.2, 0.25) is 0 Å². The van der Waals surface area contributed by atoms with Crippen molar-refractivity contribution in [3.63, 3.8) is 0 Å². The summed E-state index contributed by atoms with van der Waals surface area (Å²) in [5.41, 5.74) is 0.216. The van der Waals surface area contributed by atoms with Crippen LogP contribution in [0.4, 0.5) is 0 Å². The number of fused-ring (bicyclic) bond motifs is 1. The zero-order valence-corrected chi connectivity index (χ0v) is 16.8. The minimum absolute atomic E-state index is 0.0283. The van der Waals surface area contributed by atoms with E-state index >= 15 is 0 Å². The predicted octanol–water partition coefficient (Wildman–Crippen LogP) is 2.26. The zero-order chi connectivity index (χ0) is 20.6. The molecular weight excluding hydrogens is 372 g/mol. The second-order valence-corrected chi connectivity index (χ2v) is 8.52. The van der Waals surface area contributed by atoms with E-state index in [1.165, 1.54) is 0 Å². The van der Waals surface area contributed by atoms with Gasteiger partial charge in [0.2, 0.25) is 11.8 Å². The number of para-hydroxylation sites is 1. The molecule has 7 heteroatoms. The second kappa shape index (κ2) is 7.69. The first-order valence-electron chi connectivity index (χ1n) is 10.4. The van der Waals surface area contributed by atoms with Crippen LogP contribution in [-0.4, -0.2) is 64.5 Å². The molecule has 29 heavy (non-hydrogen) atoms. The van der Waals surface area contributed by atoms with Crippen LogP contribution in [0.5, 0.6) is 5.75 Å². The summed E-state index contributed by atoms with van der Waals surface area (Å²) >= 11 is 0. The van der Waals surface area contributed by atoms with Crippen LogP contribution in [0.15, 0.2) is 24.3 Å². The number of amides is 2. The number of aliphatic carboxylic acids is 1. The van der Waals surface area contributed by atoms with Crippen molar-refractivity contribution in [2.75, 3.05) is 26.2 Å². The van der Waals surface area contributed by atoms with Gasteiger partial charge in [-0.1, -0.05) is 18.2 Å². The minimum Gasteiger partial charge on any atom is -0.487 e. The van der Waals surface area contributed by atoms with Crippen molar-refractivity contribution in [2.24, 2.45) is 5.92 Å². The number of likely N-dealkylation sites (tertiary alicyclic amines) is 2. The molecule has 1 N–H and O–H groups in total. The Morgan fingerprint density at radius 3 is 2.31 bits per heavy atom. The molecule has 3 aliphatic heterocycles. The monoisotopic (exact) mass is 400 g/mol. The first kappa shape index (κ1) is 19.7. The summed E-state index contributed by atoms with van der Waals surface area (Å²) < 4.78 is 6.31. The van der Waals surface area contributed by atoms with Crippen LogP contribution in [0.25, 0.3) is 0 Å². The molecule has 0 radical (unpaired) electrons. The first-order chi connectivity index (χ1) is 13.9. The molecule has 0 bridgehead atoms. The quantitative estimate of drug-likeness (QED) is 0.823. The Balaban J connectivity index is 1.40. The first-order valence-corrected chi connectivity index (χ1v) is 10.4. The summed E-state index contributed by atoms with van der Waals surface area (Å²) in [7, 11) is 0. The minimum atomic E-state index is -0.823. The third-order valence-electron chi connectivity index (χ3n) is 6.77. The number of ether oxygens (including phenoxy) is 1. The van der Waals surface area contributed by atoms with Gasteiger partial charge < -0.3 is 19.6 Å². The van der Waals surface area contributed by atoms with E-state index in [-0.39, 0.29) is 17.7 Å². The summed E-state index contributed by atoms with van der Waals surface area (Å²) in [4.78, 5) is 40.0. The maximum absolute atomic E-state index is 13.0. The third-order valence-corrected chi connectivity index (χ3v) is 6.77. The van der Waals surface area contributed by atoms with Gasteiger partial charge in [0, 0.05) is 63.8 Å². The molecule has 2 saturated heterocycles. The topological polar surface area (TPSA) is 87.2 Å². The molecule has 2 fully saturated rings. The molecule has 0 aromatic heterocycles. The number of benzene rings is 1. The normalized spacial score (nSPS) is 24.0. The van der Waals surface area contributed by atoms with Gasteiger partial charge >= 0.3 is 5.97 Å². The van der Waals surface area contributed by atoms with Crippen LogP contribution in [0.1, 0.15) is 50.5 Å². The molecule has 1 atom stereocenters. The highest BCUT2D eigenvalue weighted by molar-refractivity contribution is 5.80. The van der Waals surface area contributed by atoms with Gasteiger partial charge in [0.25, 0.3) is 0 Å². The second-order valence-electron chi connectivity index (χ2n) is 8.52. The van der Waals surface area contributed by atoms with Crippen molar-refractivity contribution in [3.8, 4) is 5.75 Å². The Kier molecular flexibility index (Phi) is 5.23. The molecule has 3 aliphatic rings. The molecule has 0 saturated carbocycles. The molecular formula is C22H28N2O5. The fourth-order valence-electron chi connectivity index (χ4n) is 4.98. The van der Waals surface area contributed by atoms with Crippen molar-refractivity contribution in [1.29, 1.82) is 0 Å². The Labute approximate surface area is 170 Å². The third kappa shape index (κ3) is 3.82. The molecule has 4 rings (SSSR count). The van der Waals surface area contributed by atoms with E-state index in [0.29, 0.717) is 64.0 Å². The number of rotatable bonds is 2. The number of piperidine rings is 2. The number of carboxylic acid groups (broad SMARTS) is 1. The summed E-state index contributed by atoms with van der Waals surface area (Å²) in [6.45, 7) is 4.02. The molecule has 1 aromatic rings. The smallest absolute Gasteiger partial charge is 0.311 e. The lowest BCUT2D eigenvalue weighted by atomic mass is 9.77. The number of carbonyl (C=O) groups excluding carboxylic acids is 2. The Morgan fingerprint density at radius 1 is 1.03 bits per heavy atom. The van der Waals surface area contributed by atoms with Crippen molar-refractivity contribution < 1.29 is 24.2 Å². The zero-order valence-electron chi connectivity index (χ0n) is 16.8. The van der Waals surface area contributed by atoms with Crippen LogP contribution >= 0.6 is 0 Å². The fourth-order valence-corrected chi connectivity index (χ4v) is 4.98. The summed E-state index contributed by atoms with van der Waals surface area (Å²) in [6, 6.07) is 7.37. The molecule has 1 unspecified atom stereocenters. The van der Waals surface area contributed by atoms with E-state index in [2.05, 4.69) is 0 Å². The molecule has 1 aromatic carbocycles. The maximum Gasteiger partial charge on any atom is 0.311 e. The maximum atomic E-state index is 13.0. The predicted molar refractivity (Wildman–Crippen MR) is 106 cm³/mol. The van der Waals surface area contributed by atoms with Crippen LogP contribution in [0, 0.1) is 5.92 Å². The molecule has 3 heterocycles. The van der Waals surface area contributed by atoms with E-state index in [1.54, 1.807) is 11.8 Å². The average Bonchev–Trinajstić information content (AvgIpc) is 2.73. The van der Waals surface area contributed by atoms with Crippen LogP contribution in [0.3, 0.4) is 0 Å². The van der Waals surface area contributed by atoms with Gasteiger partial charge in [-0.25, -0.2) is 0 Å². The van der Waals surface area contributed by atoms with E-state index in [9.17, 15) is 19.5 Å². The summed E-state index contributed by atoms with van der Waals surface area (Å²) in [5, 5.41) is 9.72. The fraction of sp³-hybridized carbons (Fsp3) is 0.591. The molecule has 2 amide bonds. The Bertz CT molecular complexity index is 807. The molecule has 156 valence electrons. The van der Waals surface area contributed by atoms with Gasteiger partial charge in [-0.05, 0) is 18.9 Å². The summed E-state index contributed by atoms with van der Waals surface area (Å²) in [5.74, 6) is -0.538. The van der Waals surface area contributed by atoms with E-state index in [4.69, 9.17) is 4.74 Å². The highest BCUT2D eigenvalue weighted by Gasteiger charge is 2.46. The van der Waals surface area contributed by atoms with Crippen molar-refractivity contribution in [3.05, 3.63) is 29.8 Å². The van der Waals surface area contributed by atoms with Gasteiger partial charge in [-0.2, -0.15) is 0 Å². The SMILES string of the molecule is CC(=O)N1CCC(C(=O)N2CCC3(CC2)CC(C(=O)O)c2ccccc2O3)CC1. The highest BCUT2D eigenvalue weighted by atomic mass is 16.5. The van der Waals surface area contributed by atoms with E-state index in [1.807, 2.05) is 29.2 Å². The van der Waals surface area contributed by atoms with Crippen LogP contribution in [-0.2, 0) is 14.4 Å². The van der Waals surface area contributed by atoms with E-state index in [0.717, 1.165) is 5.56 Å². The molecule has 7 nitrogen and oxygen atoms in total. The lowest BCUT2D eigenvalue weighted by Gasteiger charge is -2.46. The van der Waals surface area contributed by atoms with Gasteiger partial charge in [-0.15, -0.1) is 0 Å². The van der Waals surface area contributed by atoms with Gasteiger partial charge in [0.15, 0.2) is 0 Å². The van der Waals surface area contributed by atoms with Crippen molar-refractivity contribution in [2.45, 2.75) is 50.5 Å². The number of hydrogen-bond acceptors (Lipinski definition) is 4. The Hall–Kier alpha value is -2.57. The standard InChI is InChI=1S/C22H28N2O5/c1-15(25)23-10-6-16(7-11-23)20(26)24-12-8-22(9-13-24)14-18(21(27)28)17-4-2-3-5-19(17)29-22/h2-5,16,18H,6-14H2,1H3,(H,27,28). The number of hydrogen-bond donors (Lipinski definition) is 1. The highest BCUT2D eigenvalue weighted by Crippen LogP contribution is 2.45.